The number of nitrogens with zero attached hydrogens (tertiary/aromatic N) is 3. The summed E-state index contributed by atoms with van der Waals surface area (Å²) in [7, 11) is 0. The van der Waals surface area contributed by atoms with Crippen molar-refractivity contribution in [1.82, 2.24) is 9.97 Å². The van der Waals surface area contributed by atoms with Gasteiger partial charge in [-0.2, -0.15) is 4.98 Å². The average molecular weight is 261 g/mol. The molecular weight excluding hydrogens is 238 g/mol. The maximum Gasteiger partial charge on any atom is 0.222 e. The molecule has 4 N–H and O–H groups in total. The third-order valence-corrected chi connectivity index (χ3v) is 4.32. The van der Waals surface area contributed by atoms with Gasteiger partial charge in [0.05, 0.1) is 5.69 Å². The predicted molar refractivity (Wildman–Crippen MR) is 77.1 cm³/mol. The van der Waals surface area contributed by atoms with Crippen LogP contribution in [0.15, 0.2) is 6.07 Å². The Balaban J connectivity index is 1.83. The zero-order valence-electron chi connectivity index (χ0n) is 11.4. The lowest BCUT2D eigenvalue weighted by Crippen LogP contribution is -2.27. The first kappa shape index (κ1) is 12.7. The summed E-state index contributed by atoms with van der Waals surface area (Å²) in [5.41, 5.74) is 13.0. The number of nitrogens with two attached hydrogens (primary N) is 2. The van der Waals surface area contributed by atoms with Gasteiger partial charge < -0.3 is 16.4 Å². The topological polar surface area (TPSA) is 81.1 Å². The number of hydrogen-bond donors (Lipinski definition) is 2. The van der Waals surface area contributed by atoms with Crippen LogP contribution >= 0.6 is 0 Å². The molecule has 0 amide bonds. The number of hydrogen-bond acceptors (Lipinski definition) is 5. The molecule has 3 rings (SSSR count). The van der Waals surface area contributed by atoms with Crippen LogP contribution in [0.2, 0.25) is 0 Å². The van der Waals surface area contributed by atoms with Crippen molar-refractivity contribution >= 4 is 11.8 Å². The van der Waals surface area contributed by atoms with Gasteiger partial charge in [-0.05, 0) is 19.3 Å². The van der Waals surface area contributed by atoms with E-state index in [9.17, 15) is 0 Å². The molecule has 0 aromatic carbocycles. The maximum absolute atomic E-state index is 5.97. The third kappa shape index (κ3) is 2.81. The second kappa shape index (κ2) is 5.33. The van der Waals surface area contributed by atoms with E-state index in [0.29, 0.717) is 11.9 Å². The highest BCUT2D eigenvalue weighted by molar-refractivity contribution is 5.45. The summed E-state index contributed by atoms with van der Waals surface area (Å²) in [5.74, 6) is 1.92. The van der Waals surface area contributed by atoms with Gasteiger partial charge in [-0.3, -0.25) is 0 Å². The molecule has 2 fully saturated rings. The van der Waals surface area contributed by atoms with E-state index in [0.717, 1.165) is 31.0 Å². The summed E-state index contributed by atoms with van der Waals surface area (Å²) in [5, 5.41) is 0. The summed E-state index contributed by atoms with van der Waals surface area (Å²) in [6, 6.07) is 2.39. The van der Waals surface area contributed by atoms with E-state index in [1.54, 1.807) is 0 Å². The van der Waals surface area contributed by atoms with Crippen LogP contribution in [0, 0.1) is 0 Å². The molecule has 1 unspecified atom stereocenters. The van der Waals surface area contributed by atoms with Gasteiger partial charge in [-0.1, -0.05) is 19.3 Å². The number of nitrogen functional groups attached to an aromatic ring is 1. The zero-order chi connectivity index (χ0) is 13.2. The van der Waals surface area contributed by atoms with Crippen molar-refractivity contribution < 1.29 is 0 Å². The Morgan fingerprint density at radius 3 is 2.58 bits per heavy atom. The second-order valence-corrected chi connectivity index (χ2v) is 5.84. The van der Waals surface area contributed by atoms with Gasteiger partial charge in [0, 0.05) is 31.1 Å². The summed E-state index contributed by atoms with van der Waals surface area (Å²) in [4.78, 5) is 11.1. The molecule has 104 valence electrons. The maximum atomic E-state index is 5.97. The van der Waals surface area contributed by atoms with Gasteiger partial charge in [-0.25, -0.2) is 4.98 Å². The summed E-state index contributed by atoms with van der Waals surface area (Å²) in [6.45, 7) is 1.85. The van der Waals surface area contributed by atoms with E-state index < -0.39 is 0 Å². The van der Waals surface area contributed by atoms with Gasteiger partial charge >= 0.3 is 0 Å². The van der Waals surface area contributed by atoms with Crippen molar-refractivity contribution in [3.05, 3.63) is 11.8 Å². The van der Waals surface area contributed by atoms with Crippen LogP contribution < -0.4 is 16.4 Å². The molecule has 1 aromatic heterocycles. The van der Waals surface area contributed by atoms with E-state index in [2.05, 4.69) is 20.9 Å². The fourth-order valence-electron chi connectivity index (χ4n) is 3.24. The fraction of sp³-hybridized carbons (Fsp3) is 0.714. The standard InChI is InChI=1S/C14H23N5/c15-11-6-7-19(9-11)13-8-12(17-14(16)18-13)10-4-2-1-3-5-10/h8,10-11H,1-7,9,15H2,(H2,16,17,18). The van der Waals surface area contributed by atoms with Crippen LogP contribution in [0.4, 0.5) is 11.8 Å². The highest BCUT2D eigenvalue weighted by atomic mass is 15.2. The molecule has 1 aliphatic heterocycles. The molecule has 5 nitrogen and oxygen atoms in total. The van der Waals surface area contributed by atoms with Crippen molar-refractivity contribution in [3.63, 3.8) is 0 Å². The third-order valence-electron chi connectivity index (χ3n) is 4.32. The molecule has 1 atom stereocenters. The molecule has 19 heavy (non-hydrogen) atoms. The van der Waals surface area contributed by atoms with Crippen molar-refractivity contribution in [2.75, 3.05) is 23.7 Å². The van der Waals surface area contributed by atoms with Gasteiger partial charge in [0.1, 0.15) is 5.82 Å². The van der Waals surface area contributed by atoms with E-state index in [-0.39, 0.29) is 6.04 Å². The Morgan fingerprint density at radius 2 is 1.89 bits per heavy atom. The van der Waals surface area contributed by atoms with Crippen LogP contribution in [-0.2, 0) is 0 Å². The molecule has 5 heteroatoms. The Bertz CT molecular complexity index is 418. The highest BCUT2D eigenvalue weighted by Gasteiger charge is 2.23. The van der Waals surface area contributed by atoms with Gasteiger partial charge in [-0.15, -0.1) is 0 Å². The van der Waals surface area contributed by atoms with Gasteiger partial charge in [0.25, 0.3) is 0 Å². The number of rotatable bonds is 2. The highest BCUT2D eigenvalue weighted by Crippen LogP contribution is 2.33. The molecule has 1 aromatic rings. The minimum atomic E-state index is 0.259. The van der Waals surface area contributed by atoms with E-state index >= 15 is 0 Å². The molecule has 0 radical (unpaired) electrons. The molecule has 0 spiro atoms. The number of anilines is 2. The Kier molecular flexibility index (Phi) is 3.55. The van der Waals surface area contributed by atoms with Crippen LogP contribution in [0.5, 0.6) is 0 Å². The molecule has 1 saturated carbocycles. The predicted octanol–water partition coefficient (Wildman–Crippen LogP) is 1.64. The quantitative estimate of drug-likeness (QED) is 0.846. The minimum Gasteiger partial charge on any atom is -0.368 e. The van der Waals surface area contributed by atoms with Crippen molar-refractivity contribution in [2.45, 2.75) is 50.5 Å². The van der Waals surface area contributed by atoms with Crippen LogP contribution in [0.1, 0.15) is 50.1 Å². The van der Waals surface area contributed by atoms with Crippen molar-refractivity contribution in [2.24, 2.45) is 5.73 Å². The van der Waals surface area contributed by atoms with Crippen LogP contribution in [-0.4, -0.2) is 29.1 Å². The fourth-order valence-corrected chi connectivity index (χ4v) is 3.24. The lowest BCUT2D eigenvalue weighted by atomic mass is 9.87. The van der Waals surface area contributed by atoms with Crippen LogP contribution in [0.25, 0.3) is 0 Å². The van der Waals surface area contributed by atoms with Crippen molar-refractivity contribution in [3.8, 4) is 0 Å². The van der Waals surface area contributed by atoms with Gasteiger partial charge in [0.2, 0.25) is 5.95 Å². The molecule has 0 bridgehead atoms. The minimum absolute atomic E-state index is 0.259. The lowest BCUT2D eigenvalue weighted by molar-refractivity contribution is 0.436. The first-order valence-corrected chi connectivity index (χ1v) is 7.37. The Labute approximate surface area is 114 Å². The molecule has 1 aliphatic carbocycles. The Hall–Kier alpha value is -1.36. The molecular formula is C14H23N5. The summed E-state index contributed by atoms with van der Waals surface area (Å²) >= 11 is 0. The largest absolute Gasteiger partial charge is 0.368 e. The van der Waals surface area contributed by atoms with E-state index in [1.807, 2.05) is 0 Å². The second-order valence-electron chi connectivity index (χ2n) is 5.84. The molecule has 2 heterocycles. The smallest absolute Gasteiger partial charge is 0.222 e. The SMILES string of the molecule is Nc1nc(C2CCCCC2)cc(N2CCC(N)C2)n1. The van der Waals surface area contributed by atoms with E-state index in [4.69, 9.17) is 11.5 Å². The Morgan fingerprint density at radius 1 is 1.11 bits per heavy atom. The van der Waals surface area contributed by atoms with Gasteiger partial charge in [0.15, 0.2) is 0 Å². The first-order valence-electron chi connectivity index (χ1n) is 7.37. The number of aromatic nitrogens is 2. The summed E-state index contributed by atoms with van der Waals surface area (Å²) < 4.78 is 0. The molecule has 1 saturated heterocycles. The van der Waals surface area contributed by atoms with Crippen LogP contribution in [0.3, 0.4) is 0 Å². The van der Waals surface area contributed by atoms with Crippen molar-refractivity contribution in [1.29, 1.82) is 0 Å². The monoisotopic (exact) mass is 261 g/mol. The van der Waals surface area contributed by atoms with E-state index in [1.165, 1.54) is 32.1 Å². The lowest BCUT2D eigenvalue weighted by Gasteiger charge is -2.23. The summed E-state index contributed by atoms with van der Waals surface area (Å²) in [6.07, 6.45) is 7.45. The average Bonchev–Trinajstić information content (AvgIpc) is 2.86. The molecule has 2 aliphatic rings. The zero-order valence-corrected chi connectivity index (χ0v) is 11.4. The normalized spacial score (nSPS) is 24.9. The first-order chi connectivity index (χ1) is 9.22.